The number of hydrogen-bond donors (Lipinski definition) is 2. The molecule has 2 aromatic carbocycles. The summed E-state index contributed by atoms with van der Waals surface area (Å²) in [4.78, 5) is 10.9. The molecule has 0 radical (unpaired) electrons. The number of aromatic nitrogens is 3. The topological polar surface area (TPSA) is 57.5 Å². The van der Waals surface area contributed by atoms with Crippen molar-refractivity contribution in [1.29, 1.82) is 0 Å². The van der Waals surface area contributed by atoms with Crippen LogP contribution in [-0.2, 0) is 6.18 Å². The van der Waals surface area contributed by atoms with Crippen molar-refractivity contribution in [3.05, 3.63) is 84.8 Å². The predicted octanol–water partition coefficient (Wildman–Crippen LogP) is 5.28. The highest BCUT2D eigenvalue weighted by molar-refractivity contribution is 5.76. The summed E-state index contributed by atoms with van der Waals surface area (Å²) in [6.07, 6.45) is 0.648. The maximum absolute atomic E-state index is 13.1. The number of nitrogens with zero attached hydrogens (tertiary/aromatic N) is 4. The number of rotatable bonds is 8. The van der Waals surface area contributed by atoms with Crippen LogP contribution in [0.3, 0.4) is 0 Å². The molecule has 9 heteroatoms. The molecule has 0 bridgehead atoms. The average Bonchev–Trinajstić information content (AvgIpc) is 3.24. The van der Waals surface area contributed by atoms with E-state index in [4.69, 9.17) is 0 Å². The molecule has 0 aliphatic carbocycles. The van der Waals surface area contributed by atoms with Crippen LogP contribution in [0.15, 0.2) is 73.7 Å². The molecular formula is C25H25F3N6. The number of alkyl halides is 3. The first-order valence-corrected chi connectivity index (χ1v) is 10.7. The van der Waals surface area contributed by atoms with Gasteiger partial charge in [0.15, 0.2) is 11.5 Å². The lowest BCUT2D eigenvalue weighted by Crippen LogP contribution is -2.25. The van der Waals surface area contributed by atoms with Crippen LogP contribution in [0.5, 0.6) is 0 Å². The molecule has 0 saturated carbocycles. The molecule has 0 aliphatic rings. The van der Waals surface area contributed by atoms with E-state index >= 15 is 0 Å². The molecule has 0 atom stereocenters. The summed E-state index contributed by atoms with van der Waals surface area (Å²) in [6.45, 7) is 5.81. The molecule has 2 heterocycles. The lowest BCUT2D eigenvalue weighted by Gasteiger charge is -2.14. The summed E-state index contributed by atoms with van der Waals surface area (Å²) in [5, 5.41) is 6.30. The summed E-state index contributed by atoms with van der Waals surface area (Å²) < 4.78 is 41.1. The van der Waals surface area contributed by atoms with Crippen LogP contribution in [0, 0.1) is 0 Å². The van der Waals surface area contributed by atoms with E-state index in [2.05, 4.69) is 32.1 Å². The third kappa shape index (κ3) is 5.20. The lowest BCUT2D eigenvalue weighted by molar-refractivity contribution is -0.137. The summed E-state index contributed by atoms with van der Waals surface area (Å²) in [5.41, 5.74) is 3.59. The van der Waals surface area contributed by atoms with Gasteiger partial charge in [-0.15, -0.1) is 0 Å². The van der Waals surface area contributed by atoms with Crippen LogP contribution in [0.4, 0.5) is 24.7 Å². The Hall–Kier alpha value is -3.85. The fourth-order valence-corrected chi connectivity index (χ4v) is 3.53. The molecular weight excluding hydrogens is 441 g/mol. The Morgan fingerprint density at radius 1 is 1.09 bits per heavy atom. The van der Waals surface area contributed by atoms with E-state index in [0.717, 1.165) is 47.7 Å². The summed E-state index contributed by atoms with van der Waals surface area (Å²) >= 11 is 0. The monoisotopic (exact) mass is 466 g/mol. The standard InChI is InChI=1S/C25H25F3N6/c1-17(29-10-12-33(2)3)18-6-4-7-19(14-18)22-16-31-24-23(30-11-13-34(22)24)32-21-9-5-8-20(15-21)25(26,27)28/h4-9,11,13-16,29H,1,10,12H2,2-3H3,(H,30,32). The molecule has 0 aliphatic heterocycles. The second kappa shape index (κ2) is 9.56. The Labute approximate surface area is 195 Å². The first-order valence-electron chi connectivity index (χ1n) is 10.7. The van der Waals surface area contributed by atoms with E-state index < -0.39 is 11.7 Å². The highest BCUT2D eigenvalue weighted by Crippen LogP contribution is 2.32. The van der Waals surface area contributed by atoms with Gasteiger partial charge in [0.05, 0.1) is 17.5 Å². The molecule has 0 unspecified atom stereocenters. The van der Waals surface area contributed by atoms with Gasteiger partial charge in [0.25, 0.3) is 0 Å². The first-order chi connectivity index (χ1) is 16.2. The number of halogens is 3. The van der Waals surface area contributed by atoms with Gasteiger partial charge in [0.1, 0.15) is 0 Å². The van der Waals surface area contributed by atoms with E-state index in [1.807, 2.05) is 42.8 Å². The average molecular weight is 467 g/mol. The molecule has 4 aromatic rings. The van der Waals surface area contributed by atoms with Gasteiger partial charge in [-0.1, -0.05) is 30.8 Å². The number of hydrogen-bond acceptors (Lipinski definition) is 5. The molecule has 4 rings (SSSR count). The first kappa shape index (κ1) is 23.3. The molecule has 176 valence electrons. The van der Waals surface area contributed by atoms with Crippen molar-refractivity contribution in [1.82, 2.24) is 24.6 Å². The van der Waals surface area contributed by atoms with Gasteiger partial charge in [-0.05, 0) is 43.9 Å². The molecule has 34 heavy (non-hydrogen) atoms. The largest absolute Gasteiger partial charge is 0.416 e. The molecule has 2 N–H and O–H groups in total. The van der Waals surface area contributed by atoms with E-state index in [0.29, 0.717) is 11.5 Å². The number of nitrogens with one attached hydrogen (secondary N) is 2. The van der Waals surface area contributed by atoms with Crippen molar-refractivity contribution in [3.63, 3.8) is 0 Å². The minimum atomic E-state index is -4.42. The van der Waals surface area contributed by atoms with Crippen molar-refractivity contribution in [2.24, 2.45) is 0 Å². The maximum Gasteiger partial charge on any atom is 0.416 e. The minimum absolute atomic E-state index is 0.280. The molecule has 6 nitrogen and oxygen atoms in total. The zero-order valence-electron chi connectivity index (χ0n) is 18.9. The Bertz CT molecular complexity index is 1310. The van der Waals surface area contributed by atoms with Gasteiger partial charge >= 0.3 is 6.18 Å². The van der Waals surface area contributed by atoms with E-state index in [9.17, 15) is 13.2 Å². The van der Waals surface area contributed by atoms with Crippen LogP contribution >= 0.6 is 0 Å². The predicted molar refractivity (Wildman–Crippen MR) is 129 cm³/mol. The quantitative estimate of drug-likeness (QED) is 0.370. The fraction of sp³-hybridized carbons (Fsp3) is 0.200. The van der Waals surface area contributed by atoms with Gasteiger partial charge in [0, 0.05) is 42.4 Å². The summed E-state index contributed by atoms with van der Waals surface area (Å²) in [5.74, 6) is 0.360. The second-order valence-electron chi connectivity index (χ2n) is 8.11. The van der Waals surface area contributed by atoms with Gasteiger partial charge in [-0.3, -0.25) is 4.40 Å². The van der Waals surface area contributed by atoms with Gasteiger partial charge < -0.3 is 15.5 Å². The molecule has 0 saturated heterocycles. The number of fused-ring (bicyclic) bond motifs is 1. The Kier molecular flexibility index (Phi) is 6.56. The Balaban J connectivity index is 1.61. The van der Waals surface area contributed by atoms with Crippen LogP contribution in [0.1, 0.15) is 11.1 Å². The van der Waals surface area contributed by atoms with Gasteiger partial charge in [0.2, 0.25) is 0 Å². The van der Waals surface area contributed by atoms with Crippen molar-refractivity contribution < 1.29 is 13.2 Å². The van der Waals surface area contributed by atoms with E-state index in [1.165, 1.54) is 6.07 Å². The Morgan fingerprint density at radius 2 is 1.88 bits per heavy atom. The van der Waals surface area contributed by atoms with Gasteiger partial charge in [-0.2, -0.15) is 13.2 Å². The van der Waals surface area contributed by atoms with Crippen molar-refractivity contribution in [2.75, 3.05) is 32.5 Å². The van der Waals surface area contributed by atoms with Crippen LogP contribution in [0.2, 0.25) is 0 Å². The minimum Gasteiger partial charge on any atom is -0.384 e. The SMILES string of the molecule is C=C(NCCN(C)C)c1cccc(-c2cnc3c(Nc4cccc(C(F)(F)F)c4)nccn23)c1. The number of likely N-dealkylation sites (N-methyl/N-ethyl adjacent to an activating group) is 1. The van der Waals surface area contributed by atoms with Crippen molar-refractivity contribution >= 4 is 22.8 Å². The van der Waals surface area contributed by atoms with E-state index in [-0.39, 0.29) is 5.69 Å². The zero-order chi connectivity index (χ0) is 24.3. The number of anilines is 2. The van der Waals surface area contributed by atoms with Crippen molar-refractivity contribution in [2.45, 2.75) is 6.18 Å². The zero-order valence-corrected chi connectivity index (χ0v) is 18.9. The number of benzene rings is 2. The maximum atomic E-state index is 13.1. The smallest absolute Gasteiger partial charge is 0.384 e. The van der Waals surface area contributed by atoms with E-state index in [1.54, 1.807) is 24.7 Å². The van der Waals surface area contributed by atoms with Crippen LogP contribution < -0.4 is 10.6 Å². The number of imidazole rings is 1. The summed E-state index contributed by atoms with van der Waals surface area (Å²) in [6, 6.07) is 12.9. The fourth-order valence-electron chi connectivity index (χ4n) is 3.53. The molecule has 2 aromatic heterocycles. The molecule has 0 amide bonds. The van der Waals surface area contributed by atoms with Crippen LogP contribution in [-0.4, -0.2) is 46.5 Å². The lowest BCUT2D eigenvalue weighted by atomic mass is 10.1. The summed E-state index contributed by atoms with van der Waals surface area (Å²) in [7, 11) is 4.03. The highest BCUT2D eigenvalue weighted by atomic mass is 19.4. The molecule has 0 spiro atoms. The van der Waals surface area contributed by atoms with Gasteiger partial charge in [-0.25, -0.2) is 9.97 Å². The third-order valence-electron chi connectivity index (χ3n) is 5.28. The Morgan fingerprint density at radius 3 is 2.65 bits per heavy atom. The van der Waals surface area contributed by atoms with Crippen LogP contribution in [0.25, 0.3) is 22.6 Å². The second-order valence-corrected chi connectivity index (χ2v) is 8.11. The highest BCUT2D eigenvalue weighted by Gasteiger charge is 2.30. The normalized spacial score (nSPS) is 11.7. The molecule has 0 fully saturated rings. The van der Waals surface area contributed by atoms with Crippen molar-refractivity contribution in [3.8, 4) is 11.3 Å². The third-order valence-corrected chi connectivity index (χ3v) is 5.28.